The van der Waals surface area contributed by atoms with Crippen molar-refractivity contribution in [3.05, 3.63) is 35.6 Å². The monoisotopic (exact) mass is 207 g/mol. The lowest BCUT2D eigenvalue weighted by Gasteiger charge is -2.17. The number of halogens is 1. The van der Waals surface area contributed by atoms with Crippen LogP contribution in [0.3, 0.4) is 0 Å². The summed E-state index contributed by atoms with van der Waals surface area (Å²) >= 11 is 0. The van der Waals surface area contributed by atoms with E-state index >= 15 is 0 Å². The standard InChI is InChI=1S/C10H10FN3O/c1-14-8(9(12)13-10(14)15)6-2-4-7(11)5-3-6/h2-5,8H,1H3,(H2,12,13,15). The Balaban J connectivity index is 2.34. The molecule has 1 aliphatic heterocycles. The largest absolute Gasteiger partial charge is 0.323 e. The number of likely N-dealkylation sites (N-methyl/N-ethyl adjacent to an activating group) is 1. The van der Waals surface area contributed by atoms with Crippen LogP contribution in [0.5, 0.6) is 0 Å². The second-order valence-corrected chi connectivity index (χ2v) is 3.41. The van der Waals surface area contributed by atoms with E-state index in [9.17, 15) is 9.18 Å². The van der Waals surface area contributed by atoms with Gasteiger partial charge in [0, 0.05) is 7.05 Å². The molecule has 2 rings (SSSR count). The molecule has 78 valence electrons. The van der Waals surface area contributed by atoms with E-state index in [2.05, 4.69) is 5.32 Å². The Kier molecular flexibility index (Phi) is 2.15. The minimum Gasteiger partial charge on any atom is -0.313 e. The number of benzene rings is 1. The minimum atomic E-state index is -0.432. The molecule has 0 spiro atoms. The Morgan fingerprint density at radius 2 is 2.00 bits per heavy atom. The predicted octanol–water partition coefficient (Wildman–Crippen LogP) is 1.50. The predicted molar refractivity (Wildman–Crippen MR) is 53.2 cm³/mol. The summed E-state index contributed by atoms with van der Waals surface area (Å²) in [6.07, 6.45) is 0. The van der Waals surface area contributed by atoms with Gasteiger partial charge in [0.15, 0.2) is 0 Å². The molecule has 2 amide bonds. The third-order valence-electron chi connectivity index (χ3n) is 2.41. The number of carbonyl (C=O) groups is 1. The molecule has 0 bridgehead atoms. The molecule has 1 heterocycles. The average molecular weight is 207 g/mol. The summed E-state index contributed by atoms with van der Waals surface area (Å²) in [5.74, 6) is -0.209. The molecular weight excluding hydrogens is 197 g/mol. The van der Waals surface area contributed by atoms with Crippen molar-refractivity contribution in [2.45, 2.75) is 6.04 Å². The van der Waals surface area contributed by atoms with Gasteiger partial charge in [-0.3, -0.25) is 10.7 Å². The van der Waals surface area contributed by atoms with Crippen molar-refractivity contribution in [2.75, 3.05) is 7.05 Å². The van der Waals surface area contributed by atoms with Gasteiger partial charge < -0.3 is 4.90 Å². The first-order valence-electron chi connectivity index (χ1n) is 4.47. The Morgan fingerprint density at radius 3 is 2.47 bits per heavy atom. The lowest BCUT2D eigenvalue weighted by Crippen LogP contribution is -2.25. The maximum atomic E-state index is 12.7. The van der Waals surface area contributed by atoms with E-state index in [1.165, 1.54) is 17.0 Å². The summed E-state index contributed by atoms with van der Waals surface area (Å²) < 4.78 is 12.7. The molecule has 5 heteroatoms. The van der Waals surface area contributed by atoms with Gasteiger partial charge in [0.2, 0.25) is 0 Å². The highest BCUT2D eigenvalue weighted by atomic mass is 19.1. The van der Waals surface area contributed by atoms with Gasteiger partial charge in [0.1, 0.15) is 17.7 Å². The lowest BCUT2D eigenvalue weighted by molar-refractivity contribution is 0.217. The Bertz CT molecular complexity index is 415. The van der Waals surface area contributed by atoms with E-state index < -0.39 is 6.04 Å². The molecule has 1 unspecified atom stereocenters. The number of amidine groups is 1. The van der Waals surface area contributed by atoms with Crippen molar-refractivity contribution in [1.29, 1.82) is 5.41 Å². The number of carbonyl (C=O) groups excluding carboxylic acids is 1. The number of hydrogen-bond donors (Lipinski definition) is 2. The fraction of sp³-hybridized carbons (Fsp3) is 0.200. The van der Waals surface area contributed by atoms with Gasteiger partial charge in [-0.1, -0.05) is 12.1 Å². The summed E-state index contributed by atoms with van der Waals surface area (Å²) in [6, 6.07) is 5.04. The average Bonchev–Trinajstić information content (AvgIpc) is 2.44. The molecule has 1 aliphatic rings. The number of hydrogen-bond acceptors (Lipinski definition) is 2. The zero-order valence-electron chi connectivity index (χ0n) is 8.12. The highest BCUT2D eigenvalue weighted by molar-refractivity contribution is 6.05. The third kappa shape index (κ3) is 1.56. The van der Waals surface area contributed by atoms with Crippen molar-refractivity contribution < 1.29 is 9.18 Å². The van der Waals surface area contributed by atoms with Gasteiger partial charge in [-0.2, -0.15) is 0 Å². The topological polar surface area (TPSA) is 56.2 Å². The van der Waals surface area contributed by atoms with Crippen molar-refractivity contribution in [2.24, 2.45) is 0 Å². The summed E-state index contributed by atoms with van der Waals surface area (Å²) in [4.78, 5) is 12.6. The fourth-order valence-corrected chi connectivity index (χ4v) is 1.62. The smallest absolute Gasteiger partial charge is 0.313 e. The van der Waals surface area contributed by atoms with Gasteiger partial charge in [0.05, 0.1) is 0 Å². The minimum absolute atomic E-state index is 0.120. The second kappa shape index (κ2) is 3.34. The first-order chi connectivity index (χ1) is 7.09. The molecule has 1 aromatic carbocycles. The Hall–Kier alpha value is -1.91. The van der Waals surface area contributed by atoms with Crippen LogP contribution in [-0.2, 0) is 0 Å². The van der Waals surface area contributed by atoms with Crippen LogP contribution in [0.4, 0.5) is 9.18 Å². The van der Waals surface area contributed by atoms with Gasteiger partial charge in [0.25, 0.3) is 0 Å². The number of nitrogens with one attached hydrogen (secondary N) is 2. The van der Waals surface area contributed by atoms with Crippen molar-refractivity contribution >= 4 is 11.9 Å². The van der Waals surface area contributed by atoms with Crippen LogP contribution in [-0.4, -0.2) is 23.8 Å². The van der Waals surface area contributed by atoms with Crippen LogP contribution in [0.15, 0.2) is 24.3 Å². The molecule has 1 fully saturated rings. The quantitative estimate of drug-likeness (QED) is 0.720. The van der Waals surface area contributed by atoms with Crippen molar-refractivity contribution in [1.82, 2.24) is 10.2 Å². The lowest BCUT2D eigenvalue weighted by atomic mass is 10.1. The third-order valence-corrected chi connectivity index (χ3v) is 2.41. The second-order valence-electron chi connectivity index (χ2n) is 3.41. The van der Waals surface area contributed by atoms with E-state index in [1.54, 1.807) is 19.2 Å². The first kappa shape index (κ1) is 9.64. The first-order valence-corrected chi connectivity index (χ1v) is 4.47. The van der Waals surface area contributed by atoms with Crippen molar-refractivity contribution in [3.8, 4) is 0 Å². The van der Waals surface area contributed by atoms with Crippen LogP contribution in [0.2, 0.25) is 0 Å². The molecular formula is C10H10FN3O. The summed E-state index contributed by atoms with van der Waals surface area (Å²) in [7, 11) is 1.60. The SMILES string of the molecule is CN1C(=O)NC(=N)C1c1ccc(F)cc1. The highest BCUT2D eigenvalue weighted by Crippen LogP contribution is 2.24. The zero-order chi connectivity index (χ0) is 11.0. The van der Waals surface area contributed by atoms with E-state index in [0.29, 0.717) is 0 Å². The molecule has 0 aromatic heterocycles. The normalized spacial score (nSPS) is 20.7. The van der Waals surface area contributed by atoms with Crippen LogP contribution in [0, 0.1) is 11.2 Å². The Morgan fingerprint density at radius 1 is 1.40 bits per heavy atom. The number of rotatable bonds is 1. The van der Waals surface area contributed by atoms with E-state index in [4.69, 9.17) is 5.41 Å². The highest BCUT2D eigenvalue weighted by Gasteiger charge is 2.33. The zero-order valence-corrected chi connectivity index (χ0v) is 8.12. The van der Waals surface area contributed by atoms with Crippen LogP contribution in [0.1, 0.15) is 11.6 Å². The van der Waals surface area contributed by atoms with Crippen LogP contribution >= 0.6 is 0 Å². The van der Waals surface area contributed by atoms with Crippen molar-refractivity contribution in [3.63, 3.8) is 0 Å². The van der Waals surface area contributed by atoms with Gasteiger partial charge in [-0.05, 0) is 17.7 Å². The molecule has 4 nitrogen and oxygen atoms in total. The number of nitrogens with zero attached hydrogens (tertiary/aromatic N) is 1. The molecule has 15 heavy (non-hydrogen) atoms. The van der Waals surface area contributed by atoms with E-state index in [1.807, 2.05) is 0 Å². The van der Waals surface area contributed by atoms with E-state index in [-0.39, 0.29) is 17.7 Å². The maximum Gasteiger partial charge on any atom is 0.323 e. The van der Waals surface area contributed by atoms with Gasteiger partial charge in [-0.25, -0.2) is 9.18 Å². The molecule has 0 saturated carbocycles. The summed E-state index contributed by atoms with van der Waals surface area (Å²) in [5.41, 5.74) is 0.724. The maximum absolute atomic E-state index is 12.7. The van der Waals surface area contributed by atoms with Crippen LogP contribution < -0.4 is 5.32 Å². The van der Waals surface area contributed by atoms with E-state index in [0.717, 1.165) is 5.56 Å². The molecule has 0 radical (unpaired) electrons. The summed E-state index contributed by atoms with van der Waals surface area (Å²) in [5, 5.41) is 10.00. The summed E-state index contributed by atoms with van der Waals surface area (Å²) in [6.45, 7) is 0. The molecule has 1 aromatic rings. The number of amides is 2. The molecule has 1 saturated heterocycles. The fourth-order valence-electron chi connectivity index (χ4n) is 1.62. The van der Waals surface area contributed by atoms with Crippen LogP contribution in [0.25, 0.3) is 0 Å². The Labute approximate surface area is 86.2 Å². The molecule has 1 atom stereocenters. The molecule has 2 N–H and O–H groups in total. The van der Waals surface area contributed by atoms with Gasteiger partial charge in [-0.15, -0.1) is 0 Å². The number of urea groups is 1. The molecule has 0 aliphatic carbocycles. The van der Waals surface area contributed by atoms with Gasteiger partial charge >= 0.3 is 6.03 Å².